The summed E-state index contributed by atoms with van der Waals surface area (Å²) >= 11 is 0. The van der Waals surface area contributed by atoms with Crippen LogP contribution in [0.4, 0.5) is 0 Å². The number of nitrogens with zero attached hydrogens (tertiary/aromatic N) is 3. The molecule has 156 valence electrons. The Morgan fingerprint density at radius 2 is 1.04 bits per heavy atom. The van der Waals surface area contributed by atoms with Gasteiger partial charge in [-0.25, -0.2) is 0 Å². The molecule has 0 heterocycles. The van der Waals surface area contributed by atoms with E-state index in [2.05, 4.69) is 10.6 Å². The molecule has 4 N–H and O–H groups in total. The zero-order chi connectivity index (χ0) is 20.8. The van der Waals surface area contributed by atoms with E-state index in [0.29, 0.717) is 19.6 Å². The van der Waals surface area contributed by atoms with Gasteiger partial charge in [0.1, 0.15) is 0 Å². The number of carboxylic acid groups (broad SMARTS) is 2. The lowest BCUT2D eigenvalue weighted by Gasteiger charge is -2.27. The first-order valence-electron chi connectivity index (χ1n) is 8.73. The molecule has 0 radical (unpaired) electrons. The van der Waals surface area contributed by atoms with Crippen LogP contribution >= 0.6 is 0 Å². The van der Waals surface area contributed by atoms with E-state index in [1.54, 1.807) is 11.9 Å². The lowest BCUT2D eigenvalue weighted by molar-refractivity contribution is -0.140. The Morgan fingerprint density at radius 3 is 1.44 bits per heavy atom. The molecule has 0 atom stereocenters. The minimum absolute atomic E-state index is 0.0819. The third kappa shape index (κ3) is 12.7. The molecule has 11 heteroatoms. The summed E-state index contributed by atoms with van der Waals surface area (Å²) in [4.78, 5) is 50.1. The molecule has 27 heavy (non-hydrogen) atoms. The normalized spacial score (nSPS) is 11.0. The number of likely N-dealkylation sites (N-methyl/N-ethyl adjacent to an activating group) is 3. The number of amides is 2. The summed E-state index contributed by atoms with van der Waals surface area (Å²) in [5.74, 6) is -2.50. The van der Waals surface area contributed by atoms with Gasteiger partial charge < -0.3 is 20.8 Å². The van der Waals surface area contributed by atoms with Crippen molar-refractivity contribution in [3.63, 3.8) is 0 Å². The topological polar surface area (TPSA) is 143 Å². The molecule has 0 spiro atoms. The van der Waals surface area contributed by atoms with Crippen molar-refractivity contribution in [1.82, 2.24) is 25.3 Å². The SMILES string of the molecule is CCN(CCN(CCN(CC(=O)O)CC(=O)NC)CC(=O)O)CC(=O)NC. The first-order chi connectivity index (χ1) is 12.7. The van der Waals surface area contributed by atoms with Gasteiger partial charge in [-0.15, -0.1) is 0 Å². The van der Waals surface area contributed by atoms with Crippen LogP contribution in [0.2, 0.25) is 0 Å². The Bertz CT molecular complexity index is 502. The molecule has 0 saturated carbocycles. The maximum absolute atomic E-state index is 11.5. The molecule has 0 rings (SSSR count). The van der Waals surface area contributed by atoms with E-state index in [1.807, 2.05) is 11.8 Å². The summed E-state index contributed by atoms with van der Waals surface area (Å²) in [5, 5.41) is 23.0. The van der Waals surface area contributed by atoms with Gasteiger partial charge in [-0.1, -0.05) is 6.92 Å². The van der Waals surface area contributed by atoms with Crippen LogP contribution in [0.5, 0.6) is 0 Å². The van der Waals surface area contributed by atoms with Gasteiger partial charge in [0.15, 0.2) is 0 Å². The Morgan fingerprint density at radius 1 is 0.667 bits per heavy atom. The zero-order valence-corrected chi connectivity index (χ0v) is 16.2. The molecule has 0 saturated heterocycles. The second kappa shape index (κ2) is 13.9. The van der Waals surface area contributed by atoms with Gasteiger partial charge in [0.05, 0.1) is 26.2 Å². The smallest absolute Gasteiger partial charge is 0.317 e. The number of carbonyl (C=O) groups excluding carboxylic acids is 2. The van der Waals surface area contributed by atoms with Gasteiger partial charge in [0, 0.05) is 40.3 Å². The number of carboxylic acids is 2. The number of hydrogen-bond acceptors (Lipinski definition) is 7. The molecule has 0 aliphatic heterocycles. The summed E-state index contributed by atoms with van der Waals surface area (Å²) in [6.45, 7) is 3.56. The van der Waals surface area contributed by atoms with Crippen LogP contribution in [-0.2, 0) is 19.2 Å². The molecular formula is C16H31N5O6. The van der Waals surface area contributed by atoms with Crippen LogP contribution in [0.25, 0.3) is 0 Å². The third-order valence-corrected chi connectivity index (χ3v) is 3.92. The number of rotatable bonds is 15. The van der Waals surface area contributed by atoms with Crippen LogP contribution in [0.15, 0.2) is 0 Å². The third-order valence-electron chi connectivity index (χ3n) is 3.92. The van der Waals surface area contributed by atoms with Crippen molar-refractivity contribution in [2.75, 3.05) is 73.0 Å². The summed E-state index contributed by atoms with van der Waals surface area (Å²) < 4.78 is 0. The van der Waals surface area contributed by atoms with Crippen molar-refractivity contribution < 1.29 is 29.4 Å². The van der Waals surface area contributed by atoms with E-state index in [-0.39, 0.29) is 51.1 Å². The second-order valence-electron chi connectivity index (χ2n) is 5.99. The lowest BCUT2D eigenvalue weighted by Crippen LogP contribution is -2.46. The van der Waals surface area contributed by atoms with E-state index < -0.39 is 11.9 Å². The van der Waals surface area contributed by atoms with Gasteiger partial charge in [-0.05, 0) is 6.54 Å². The molecule has 0 aromatic rings. The molecule has 0 aliphatic rings. The Labute approximate surface area is 159 Å². The fourth-order valence-electron chi connectivity index (χ4n) is 2.35. The Kier molecular flexibility index (Phi) is 12.7. The van der Waals surface area contributed by atoms with E-state index >= 15 is 0 Å². The van der Waals surface area contributed by atoms with Gasteiger partial charge >= 0.3 is 11.9 Å². The summed E-state index contributed by atoms with van der Waals surface area (Å²) in [6.07, 6.45) is 0. The van der Waals surface area contributed by atoms with Gasteiger partial charge in [-0.3, -0.25) is 33.9 Å². The van der Waals surface area contributed by atoms with Crippen molar-refractivity contribution in [2.45, 2.75) is 6.92 Å². The zero-order valence-electron chi connectivity index (χ0n) is 16.2. The van der Waals surface area contributed by atoms with Crippen LogP contribution in [0, 0.1) is 0 Å². The average molecular weight is 389 g/mol. The number of nitrogens with one attached hydrogen (secondary N) is 2. The Hall–Kier alpha value is -2.24. The molecule has 0 bridgehead atoms. The molecule has 0 fully saturated rings. The van der Waals surface area contributed by atoms with Crippen LogP contribution in [-0.4, -0.2) is 122 Å². The van der Waals surface area contributed by atoms with E-state index in [4.69, 9.17) is 10.2 Å². The van der Waals surface area contributed by atoms with Crippen molar-refractivity contribution in [1.29, 1.82) is 0 Å². The van der Waals surface area contributed by atoms with Gasteiger partial charge in [0.25, 0.3) is 0 Å². The maximum atomic E-state index is 11.5. The van der Waals surface area contributed by atoms with Crippen LogP contribution in [0.3, 0.4) is 0 Å². The van der Waals surface area contributed by atoms with Crippen LogP contribution in [0.1, 0.15) is 6.92 Å². The van der Waals surface area contributed by atoms with E-state index in [0.717, 1.165) is 0 Å². The van der Waals surface area contributed by atoms with E-state index in [9.17, 15) is 19.2 Å². The summed E-state index contributed by atoms with van der Waals surface area (Å²) in [5.41, 5.74) is 0. The first kappa shape index (κ1) is 24.8. The van der Waals surface area contributed by atoms with Crippen molar-refractivity contribution in [3.05, 3.63) is 0 Å². The van der Waals surface area contributed by atoms with Gasteiger partial charge in [-0.2, -0.15) is 0 Å². The minimum Gasteiger partial charge on any atom is -0.480 e. The number of hydrogen-bond donors (Lipinski definition) is 4. The predicted octanol–water partition coefficient (Wildman–Crippen LogP) is -2.43. The molecule has 0 aromatic carbocycles. The van der Waals surface area contributed by atoms with Crippen LogP contribution < -0.4 is 10.6 Å². The van der Waals surface area contributed by atoms with E-state index in [1.165, 1.54) is 11.9 Å². The van der Waals surface area contributed by atoms with Crippen molar-refractivity contribution in [2.24, 2.45) is 0 Å². The standard InChI is InChI=1S/C16H31N5O6/c1-4-19(9-13(22)17-2)5-6-20(11-15(24)25)7-8-21(12-16(26)27)10-14(23)18-3/h4-12H2,1-3H3,(H,17,22)(H,18,23)(H,24,25)(H,26,27). The largest absolute Gasteiger partial charge is 0.480 e. The fraction of sp³-hybridized carbons (Fsp3) is 0.750. The highest BCUT2D eigenvalue weighted by Crippen LogP contribution is 1.96. The predicted molar refractivity (Wildman–Crippen MR) is 98.4 cm³/mol. The molecule has 0 unspecified atom stereocenters. The lowest BCUT2D eigenvalue weighted by atomic mass is 10.3. The molecule has 0 aromatic heterocycles. The van der Waals surface area contributed by atoms with Gasteiger partial charge in [0.2, 0.25) is 11.8 Å². The molecule has 0 aliphatic carbocycles. The number of carbonyl (C=O) groups is 4. The van der Waals surface area contributed by atoms with Crippen molar-refractivity contribution >= 4 is 23.8 Å². The highest BCUT2D eigenvalue weighted by atomic mass is 16.4. The second-order valence-corrected chi connectivity index (χ2v) is 5.99. The monoisotopic (exact) mass is 389 g/mol. The minimum atomic E-state index is -1.06. The highest BCUT2D eigenvalue weighted by molar-refractivity contribution is 5.78. The molecule has 2 amide bonds. The Balaban J connectivity index is 4.76. The molecular weight excluding hydrogens is 358 g/mol. The fourth-order valence-corrected chi connectivity index (χ4v) is 2.35. The first-order valence-corrected chi connectivity index (χ1v) is 8.73. The average Bonchev–Trinajstić information content (AvgIpc) is 2.60. The van der Waals surface area contributed by atoms with Crippen molar-refractivity contribution in [3.8, 4) is 0 Å². The highest BCUT2D eigenvalue weighted by Gasteiger charge is 2.17. The summed E-state index contributed by atoms with van der Waals surface area (Å²) in [7, 11) is 3.01. The molecule has 11 nitrogen and oxygen atoms in total. The summed E-state index contributed by atoms with van der Waals surface area (Å²) in [6, 6.07) is 0. The number of aliphatic carboxylic acids is 2. The maximum Gasteiger partial charge on any atom is 0.317 e. The quantitative estimate of drug-likeness (QED) is 0.240.